The topological polar surface area (TPSA) is 59.0 Å². The number of hydrogen-bond acceptors (Lipinski definition) is 3. The zero-order valence-corrected chi connectivity index (χ0v) is 11.0. The molecule has 0 saturated carbocycles. The van der Waals surface area contributed by atoms with Crippen molar-refractivity contribution in [3.8, 4) is 0 Å². The maximum Gasteiger partial charge on any atom is 0.255 e. The third-order valence-electron chi connectivity index (χ3n) is 3.34. The van der Waals surface area contributed by atoms with E-state index in [1.165, 1.54) is 5.56 Å². The van der Waals surface area contributed by atoms with E-state index < -0.39 is 0 Å². The Morgan fingerprint density at radius 1 is 1.47 bits per heavy atom. The van der Waals surface area contributed by atoms with Crippen molar-refractivity contribution in [2.45, 2.75) is 13.3 Å². The van der Waals surface area contributed by atoms with E-state index in [2.05, 4.69) is 15.7 Å². The molecule has 1 aromatic heterocycles. The van der Waals surface area contributed by atoms with E-state index in [9.17, 15) is 4.79 Å². The average Bonchev–Trinajstić information content (AvgIpc) is 2.95. The molecule has 3 rings (SSSR count). The summed E-state index contributed by atoms with van der Waals surface area (Å²) in [4.78, 5) is 12.2. The summed E-state index contributed by atoms with van der Waals surface area (Å²) in [5, 5.41) is 10.4. The van der Waals surface area contributed by atoms with Crippen molar-refractivity contribution in [2.24, 2.45) is 7.05 Å². The van der Waals surface area contributed by atoms with Crippen LogP contribution in [0.3, 0.4) is 0 Å². The van der Waals surface area contributed by atoms with E-state index in [4.69, 9.17) is 0 Å². The Kier molecular flexibility index (Phi) is 2.74. The van der Waals surface area contributed by atoms with Crippen LogP contribution in [0.1, 0.15) is 21.6 Å². The van der Waals surface area contributed by atoms with E-state index in [0.29, 0.717) is 5.56 Å². The lowest BCUT2D eigenvalue weighted by atomic mass is 10.1. The summed E-state index contributed by atoms with van der Waals surface area (Å²) in [6.45, 7) is 2.82. The molecular weight excluding hydrogens is 240 g/mol. The van der Waals surface area contributed by atoms with Gasteiger partial charge >= 0.3 is 0 Å². The average molecular weight is 256 g/mol. The molecule has 5 nitrogen and oxygen atoms in total. The van der Waals surface area contributed by atoms with Crippen LogP contribution in [0.25, 0.3) is 0 Å². The van der Waals surface area contributed by atoms with E-state index in [0.717, 1.165) is 30.0 Å². The molecule has 0 spiro atoms. The fourth-order valence-electron chi connectivity index (χ4n) is 2.35. The number of aromatic nitrogens is 2. The first-order chi connectivity index (χ1) is 9.13. The van der Waals surface area contributed by atoms with Gasteiger partial charge in [0.15, 0.2) is 0 Å². The fourth-order valence-corrected chi connectivity index (χ4v) is 2.35. The molecule has 19 heavy (non-hydrogen) atoms. The van der Waals surface area contributed by atoms with Crippen LogP contribution in [-0.4, -0.2) is 22.2 Å². The summed E-state index contributed by atoms with van der Waals surface area (Å²) in [5.41, 5.74) is 4.57. The second-order valence-electron chi connectivity index (χ2n) is 4.80. The van der Waals surface area contributed by atoms with Gasteiger partial charge in [-0.05, 0) is 31.0 Å². The molecule has 0 bridgehead atoms. The molecule has 2 N–H and O–H groups in total. The molecule has 2 aromatic rings. The number of carbonyl (C=O) groups is 1. The summed E-state index contributed by atoms with van der Waals surface area (Å²) in [6.07, 6.45) is 2.83. The standard InChI is InChI=1S/C14H16N4O/c1-9-13(8-18(2)17-9)16-14(19)11-4-3-10-5-6-15-12(10)7-11/h3-4,7-8,15H,5-6H2,1-2H3,(H,16,19). The second kappa shape index (κ2) is 4.42. The van der Waals surface area contributed by atoms with Gasteiger partial charge in [0, 0.05) is 31.0 Å². The number of hydrogen-bond donors (Lipinski definition) is 2. The highest BCUT2D eigenvalue weighted by molar-refractivity contribution is 6.05. The van der Waals surface area contributed by atoms with Crippen LogP contribution in [0.2, 0.25) is 0 Å². The zero-order chi connectivity index (χ0) is 13.4. The van der Waals surface area contributed by atoms with Crippen molar-refractivity contribution >= 4 is 17.3 Å². The molecule has 98 valence electrons. The molecule has 1 aromatic carbocycles. The molecule has 1 aliphatic heterocycles. The van der Waals surface area contributed by atoms with Gasteiger partial charge in [0.25, 0.3) is 5.91 Å². The Balaban J connectivity index is 1.82. The van der Waals surface area contributed by atoms with Crippen LogP contribution >= 0.6 is 0 Å². The van der Waals surface area contributed by atoms with Crippen molar-refractivity contribution in [3.63, 3.8) is 0 Å². The summed E-state index contributed by atoms with van der Waals surface area (Å²) in [6, 6.07) is 5.79. The minimum atomic E-state index is -0.104. The number of benzene rings is 1. The Hall–Kier alpha value is -2.30. The third-order valence-corrected chi connectivity index (χ3v) is 3.34. The van der Waals surface area contributed by atoms with Gasteiger partial charge in [0.2, 0.25) is 0 Å². The number of rotatable bonds is 2. The van der Waals surface area contributed by atoms with Crippen LogP contribution < -0.4 is 10.6 Å². The largest absolute Gasteiger partial charge is 0.384 e. The summed E-state index contributed by atoms with van der Waals surface area (Å²) >= 11 is 0. The van der Waals surface area contributed by atoms with E-state index in [1.807, 2.05) is 32.2 Å². The van der Waals surface area contributed by atoms with Crippen LogP contribution in [0.5, 0.6) is 0 Å². The van der Waals surface area contributed by atoms with Gasteiger partial charge in [-0.3, -0.25) is 9.48 Å². The van der Waals surface area contributed by atoms with Gasteiger partial charge in [-0.1, -0.05) is 6.07 Å². The van der Waals surface area contributed by atoms with Crippen LogP contribution in [-0.2, 0) is 13.5 Å². The predicted octanol–water partition coefficient (Wildman–Crippen LogP) is 1.95. The molecule has 0 atom stereocenters. The fraction of sp³-hybridized carbons (Fsp3) is 0.286. The van der Waals surface area contributed by atoms with Gasteiger partial charge in [-0.2, -0.15) is 5.10 Å². The number of carbonyl (C=O) groups excluding carboxylic acids is 1. The van der Waals surface area contributed by atoms with Crippen molar-refractivity contribution < 1.29 is 4.79 Å². The maximum absolute atomic E-state index is 12.2. The number of fused-ring (bicyclic) bond motifs is 1. The molecule has 0 aliphatic carbocycles. The third kappa shape index (κ3) is 2.19. The van der Waals surface area contributed by atoms with Gasteiger partial charge in [-0.25, -0.2) is 0 Å². The van der Waals surface area contributed by atoms with Crippen LogP contribution in [0.4, 0.5) is 11.4 Å². The van der Waals surface area contributed by atoms with Crippen LogP contribution in [0, 0.1) is 6.92 Å². The smallest absolute Gasteiger partial charge is 0.255 e. The molecule has 5 heteroatoms. The van der Waals surface area contributed by atoms with Crippen molar-refractivity contribution in [1.29, 1.82) is 0 Å². The Bertz CT molecular complexity index is 645. The number of aryl methyl sites for hydroxylation is 2. The first-order valence-electron chi connectivity index (χ1n) is 6.32. The lowest BCUT2D eigenvalue weighted by molar-refractivity contribution is 0.102. The molecule has 1 aliphatic rings. The first kappa shape index (κ1) is 11.8. The first-order valence-corrected chi connectivity index (χ1v) is 6.32. The van der Waals surface area contributed by atoms with Crippen molar-refractivity contribution in [3.05, 3.63) is 41.2 Å². The molecule has 0 radical (unpaired) electrons. The Morgan fingerprint density at radius 3 is 3.05 bits per heavy atom. The molecule has 0 fully saturated rings. The van der Waals surface area contributed by atoms with Crippen LogP contribution in [0.15, 0.2) is 24.4 Å². The van der Waals surface area contributed by atoms with Crippen molar-refractivity contribution in [1.82, 2.24) is 9.78 Å². The van der Waals surface area contributed by atoms with E-state index in [1.54, 1.807) is 10.9 Å². The minimum Gasteiger partial charge on any atom is -0.384 e. The number of amides is 1. The number of nitrogens with one attached hydrogen (secondary N) is 2. The monoisotopic (exact) mass is 256 g/mol. The van der Waals surface area contributed by atoms with E-state index >= 15 is 0 Å². The predicted molar refractivity (Wildman–Crippen MR) is 74.5 cm³/mol. The quantitative estimate of drug-likeness (QED) is 0.863. The Morgan fingerprint density at radius 2 is 2.32 bits per heavy atom. The van der Waals surface area contributed by atoms with Gasteiger partial charge in [0.1, 0.15) is 0 Å². The lowest BCUT2D eigenvalue weighted by Gasteiger charge is -2.06. The summed E-state index contributed by atoms with van der Waals surface area (Å²) in [7, 11) is 1.84. The number of nitrogens with zero attached hydrogens (tertiary/aromatic N) is 2. The van der Waals surface area contributed by atoms with Gasteiger partial charge in [-0.15, -0.1) is 0 Å². The summed E-state index contributed by atoms with van der Waals surface area (Å²) < 4.78 is 1.69. The zero-order valence-electron chi connectivity index (χ0n) is 11.0. The lowest BCUT2D eigenvalue weighted by Crippen LogP contribution is -2.12. The van der Waals surface area contributed by atoms with Gasteiger partial charge in [0.05, 0.1) is 11.4 Å². The van der Waals surface area contributed by atoms with E-state index in [-0.39, 0.29) is 5.91 Å². The molecule has 0 saturated heterocycles. The number of anilines is 2. The highest BCUT2D eigenvalue weighted by atomic mass is 16.1. The SMILES string of the molecule is Cc1nn(C)cc1NC(=O)c1ccc2c(c1)NCC2. The molecule has 0 unspecified atom stereocenters. The minimum absolute atomic E-state index is 0.104. The second-order valence-corrected chi connectivity index (χ2v) is 4.80. The molecule has 2 heterocycles. The Labute approximate surface area is 111 Å². The highest BCUT2D eigenvalue weighted by Gasteiger charge is 2.14. The highest BCUT2D eigenvalue weighted by Crippen LogP contribution is 2.24. The molecular formula is C14H16N4O. The van der Waals surface area contributed by atoms with Crippen molar-refractivity contribution in [2.75, 3.05) is 17.2 Å². The summed E-state index contributed by atoms with van der Waals surface area (Å²) in [5.74, 6) is -0.104. The maximum atomic E-state index is 12.2. The van der Waals surface area contributed by atoms with Gasteiger partial charge < -0.3 is 10.6 Å². The normalized spacial score (nSPS) is 12.9. The molecule has 1 amide bonds.